The molecule has 74 valence electrons. The van der Waals surface area contributed by atoms with E-state index < -0.39 is 11.7 Å². The van der Waals surface area contributed by atoms with Crippen LogP contribution in [-0.2, 0) is 0 Å². The third-order valence-electron chi connectivity index (χ3n) is 1.68. The Labute approximate surface area is 76.5 Å². The van der Waals surface area contributed by atoms with Crippen LogP contribution in [-0.4, -0.2) is 6.18 Å². The van der Waals surface area contributed by atoms with Gasteiger partial charge in [0.05, 0.1) is 5.57 Å². The molecule has 0 aliphatic rings. The van der Waals surface area contributed by atoms with Crippen molar-refractivity contribution in [1.82, 2.24) is 0 Å². The second kappa shape index (κ2) is 4.30. The maximum Gasteiger partial charge on any atom is 0.416 e. The molecule has 0 bridgehead atoms. The molecule has 0 saturated heterocycles. The molecule has 0 unspecified atom stereocenters. The van der Waals surface area contributed by atoms with Gasteiger partial charge in [0.1, 0.15) is 0 Å². The van der Waals surface area contributed by atoms with E-state index in [0.717, 1.165) is 12.2 Å². The molecular weight excluding hydrogens is 177 g/mol. The Bertz CT molecular complexity index is 254. The highest BCUT2D eigenvalue weighted by molar-refractivity contribution is 5.34. The van der Waals surface area contributed by atoms with E-state index in [1.54, 1.807) is 13.8 Å². The van der Waals surface area contributed by atoms with Crippen molar-refractivity contribution in [3.63, 3.8) is 0 Å². The van der Waals surface area contributed by atoms with Gasteiger partial charge in [0.25, 0.3) is 0 Å². The lowest BCUT2D eigenvalue weighted by Crippen LogP contribution is -2.10. The van der Waals surface area contributed by atoms with Crippen molar-refractivity contribution in [2.75, 3.05) is 0 Å². The fraction of sp³-hybridized carbons (Fsp3) is 0.400. The summed E-state index contributed by atoms with van der Waals surface area (Å²) in [6.45, 7) is 8.21. The maximum absolute atomic E-state index is 12.2. The molecule has 0 saturated carbocycles. The molecule has 0 aromatic rings. The highest BCUT2D eigenvalue weighted by Crippen LogP contribution is 2.28. The smallest absolute Gasteiger partial charge is 0.166 e. The number of hydrogen-bond donors (Lipinski definition) is 0. The van der Waals surface area contributed by atoms with Crippen LogP contribution in [0.15, 0.2) is 35.5 Å². The monoisotopic (exact) mass is 190 g/mol. The number of hydrogen-bond acceptors (Lipinski definition) is 0. The molecular formula is C10H13F3. The molecule has 13 heavy (non-hydrogen) atoms. The van der Waals surface area contributed by atoms with Crippen molar-refractivity contribution < 1.29 is 13.2 Å². The third kappa shape index (κ3) is 3.97. The Balaban J connectivity index is 4.87. The summed E-state index contributed by atoms with van der Waals surface area (Å²) in [4.78, 5) is 0. The normalized spacial score (nSPS) is 14.6. The van der Waals surface area contributed by atoms with Crippen molar-refractivity contribution in [3.05, 3.63) is 35.5 Å². The molecule has 0 rings (SSSR count). The van der Waals surface area contributed by atoms with Crippen LogP contribution >= 0.6 is 0 Å². The summed E-state index contributed by atoms with van der Waals surface area (Å²) < 4.78 is 36.6. The molecule has 0 N–H and O–H groups in total. The summed E-state index contributed by atoms with van der Waals surface area (Å²) in [7, 11) is 0. The van der Waals surface area contributed by atoms with Crippen LogP contribution in [0, 0.1) is 0 Å². The van der Waals surface area contributed by atoms with E-state index in [-0.39, 0.29) is 0 Å². The van der Waals surface area contributed by atoms with Gasteiger partial charge in [-0.2, -0.15) is 13.2 Å². The summed E-state index contributed by atoms with van der Waals surface area (Å²) in [5.41, 5.74) is 0.557. The van der Waals surface area contributed by atoms with Gasteiger partial charge in [0, 0.05) is 0 Å². The van der Waals surface area contributed by atoms with E-state index >= 15 is 0 Å². The third-order valence-corrected chi connectivity index (χ3v) is 1.68. The lowest BCUT2D eigenvalue weighted by Gasteiger charge is -2.08. The first kappa shape index (κ1) is 12.0. The van der Waals surface area contributed by atoms with Crippen molar-refractivity contribution in [3.8, 4) is 0 Å². The molecule has 0 radical (unpaired) electrons. The van der Waals surface area contributed by atoms with E-state index in [9.17, 15) is 13.2 Å². The van der Waals surface area contributed by atoms with Gasteiger partial charge in [-0.15, -0.1) is 0 Å². The van der Waals surface area contributed by atoms with Gasteiger partial charge in [-0.25, -0.2) is 0 Å². The van der Waals surface area contributed by atoms with Crippen LogP contribution in [0.25, 0.3) is 0 Å². The van der Waals surface area contributed by atoms with Gasteiger partial charge >= 0.3 is 6.18 Å². The van der Waals surface area contributed by atoms with Gasteiger partial charge in [-0.1, -0.05) is 18.2 Å². The highest BCUT2D eigenvalue weighted by atomic mass is 19.4. The van der Waals surface area contributed by atoms with Crippen molar-refractivity contribution in [2.45, 2.75) is 26.9 Å². The molecule has 0 heterocycles. The van der Waals surface area contributed by atoms with Gasteiger partial charge in [0.2, 0.25) is 0 Å². The number of allylic oxidation sites excluding steroid dienone is 5. The first-order valence-corrected chi connectivity index (χ1v) is 3.86. The Morgan fingerprint density at radius 2 is 1.69 bits per heavy atom. The average molecular weight is 190 g/mol. The van der Waals surface area contributed by atoms with Crippen LogP contribution in [0.2, 0.25) is 0 Å². The summed E-state index contributed by atoms with van der Waals surface area (Å²) in [5.74, 6) is 0. The number of alkyl halides is 3. The predicted octanol–water partition coefficient (Wildman–Crippen LogP) is 4.02. The van der Waals surface area contributed by atoms with Gasteiger partial charge in [-0.05, 0) is 32.4 Å². The lowest BCUT2D eigenvalue weighted by molar-refractivity contribution is -0.0883. The zero-order chi connectivity index (χ0) is 10.6. The van der Waals surface area contributed by atoms with E-state index in [1.807, 2.05) is 0 Å². The van der Waals surface area contributed by atoms with Crippen LogP contribution in [0.4, 0.5) is 13.2 Å². The Morgan fingerprint density at radius 3 is 1.92 bits per heavy atom. The lowest BCUT2D eigenvalue weighted by atomic mass is 10.1. The molecule has 0 aliphatic carbocycles. The Morgan fingerprint density at radius 1 is 1.23 bits per heavy atom. The molecule has 0 atom stereocenters. The van der Waals surface area contributed by atoms with Gasteiger partial charge < -0.3 is 0 Å². The molecule has 0 aromatic heterocycles. The van der Waals surface area contributed by atoms with Gasteiger partial charge in [-0.3, -0.25) is 0 Å². The van der Waals surface area contributed by atoms with Crippen molar-refractivity contribution in [2.24, 2.45) is 0 Å². The SMILES string of the molecule is C=C(C)/C(C)=C\C(=C/C)C(F)(F)F. The molecule has 3 heteroatoms. The minimum absolute atomic E-state index is 0.547. The van der Waals surface area contributed by atoms with E-state index in [4.69, 9.17) is 0 Å². The highest BCUT2D eigenvalue weighted by Gasteiger charge is 2.31. The van der Waals surface area contributed by atoms with Crippen LogP contribution in [0.5, 0.6) is 0 Å². The predicted molar refractivity (Wildman–Crippen MR) is 48.4 cm³/mol. The molecule has 0 fully saturated rings. The largest absolute Gasteiger partial charge is 0.416 e. The molecule has 0 spiro atoms. The fourth-order valence-electron chi connectivity index (χ4n) is 0.685. The standard InChI is InChI=1S/C10H13F3/c1-5-9(10(11,12)13)6-8(4)7(2)3/h5-6H,2H2,1,3-4H3/b8-6-,9-5+. The molecule has 0 aliphatic heterocycles. The van der Waals surface area contributed by atoms with E-state index in [1.165, 1.54) is 6.92 Å². The fourth-order valence-corrected chi connectivity index (χ4v) is 0.685. The van der Waals surface area contributed by atoms with Crippen molar-refractivity contribution >= 4 is 0 Å². The van der Waals surface area contributed by atoms with E-state index in [2.05, 4.69) is 6.58 Å². The van der Waals surface area contributed by atoms with E-state index in [0.29, 0.717) is 11.1 Å². The summed E-state index contributed by atoms with van der Waals surface area (Å²) in [5, 5.41) is 0. The summed E-state index contributed by atoms with van der Waals surface area (Å²) >= 11 is 0. The topological polar surface area (TPSA) is 0 Å². The maximum atomic E-state index is 12.2. The zero-order valence-electron chi connectivity index (χ0n) is 8.00. The second-order valence-electron chi connectivity index (χ2n) is 2.85. The first-order chi connectivity index (χ1) is 5.79. The minimum atomic E-state index is -4.27. The van der Waals surface area contributed by atoms with Crippen molar-refractivity contribution in [1.29, 1.82) is 0 Å². The Hall–Kier alpha value is -0.990. The summed E-state index contributed by atoms with van der Waals surface area (Å²) in [6, 6.07) is 0. The van der Waals surface area contributed by atoms with Crippen LogP contribution in [0.1, 0.15) is 20.8 Å². The summed E-state index contributed by atoms with van der Waals surface area (Å²) in [6.07, 6.45) is -2.12. The van der Waals surface area contributed by atoms with Crippen LogP contribution < -0.4 is 0 Å². The quantitative estimate of drug-likeness (QED) is 0.577. The molecule has 0 nitrogen and oxygen atoms in total. The number of rotatable bonds is 2. The van der Waals surface area contributed by atoms with Gasteiger partial charge in [0.15, 0.2) is 0 Å². The zero-order valence-corrected chi connectivity index (χ0v) is 8.00. The van der Waals surface area contributed by atoms with Crippen LogP contribution in [0.3, 0.4) is 0 Å². The number of halogens is 3. The first-order valence-electron chi connectivity index (χ1n) is 3.86. The average Bonchev–Trinajstić information content (AvgIpc) is 1.96. The minimum Gasteiger partial charge on any atom is -0.166 e. The Kier molecular flexibility index (Phi) is 3.98. The molecule has 0 amide bonds. The molecule has 0 aromatic carbocycles. The second-order valence-corrected chi connectivity index (χ2v) is 2.85.